The van der Waals surface area contributed by atoms with Crippen LogP contribution in [0, 0.1) is 0 Å². The number of halogens is 14. The number of hydrogen-bond acceptors (Lipinski definition) is 22. The van der Waals surface area contributed by atoms with Crippen molar-refractivity contribution in [2.24, 2.45) is 0 Å². The lowest BCUT2D eigenvalue weighted by atomic mass is 10.0. The van der Waals surface area contributed by atoms with E-state index in [1.807, 2.05) is 56.3 Å². The van der Waals surface area contributed by atoms with E-state index in [0.29, 0.717) is 77.0 Å². The van der Waals surface area contributed by atoms with Crippen LogP contribution in [0.5, 0.6) is 11.5 Å². The van der Waals surface area contributed by atoms with E-state index >= 15 is 0 Å². The van der Waals surface area contributed by atoms with E-state index in [0.717, 1.165) is 46.8 Å². The zero-order valence-electron chi connectivity index (χ0n) is 55.7. The van der Waals surface area contributed by atoms with Gasteiger partial charge in [-0.1, -0.05) is 66.2 Å². The van der Waals surface area contributed by atoms with Gasteiger partial charge in [-0.2, -0.15) is 77.6 Å². The molecule has 1 saturated carbocycles. The summed E-state index contributed by atoms with van der Waals surface area (Å²) in [6.45, 7) is 5.00. The van der Waals surface area contributed by atoms with E-state index in [-0.39, 0.29) is 55.9 Å². The first-order valence-electron chi connectivity index (χ1n) is 31.9. The summed E-state index contributed by atoms with van der Waals surface area (Å²) < 4.78 is 191. The van der Waals surface area contributed by atoms with E-state index in [4.69, 9.17) is 43.7 Å². The Morgan fingerprint density at radius 3 is 1.04 bits per heavy atom. The third-order valence-electron chi connectivity index (χ3n) is 15.1. The van der Waals surface area contributed by atoms with Gasteiger partial charge < -0.3 is 32.1 Å². The molecule has 0 aliphatic heterocycles. The number of nitrogens with zero attached hydrogens (tertiary/aromatic N) is 15. The summed E-state index contributed by atoms with van der Waals surface area (Å²) in [6, 6.07) is 30.7. The number of hydrogen-bond donors (Lipinski definition) is 0. The number of ether oxygens (including phenoxy) is 2. The fourth-order valence-corrected chi connectivity index (χ4v) is 10.8. The quantitative estimate of drug-likeness (QED) is 0.0914. The number of pyridine rings is 5. The first-order valence-corrected chi connectivity index (χ1v) is 33.1. The van der Waals surface area contributed by atoms with Crippen LogP contribution in [0.3, 0.4) is 0 Å². The minimum Gasteiger partial charge on any atom is -0.494 e. The lowest BCUT2D eigenvalue weighted by Gasteiger charge is -2.12. The predicted octanol–water partition coefficient (Wildman–Crippen LogP) is 20.3. The SMILES string of the molecule is CCOc1cc(OCC)cc(-c2nc(-c3ccncc3)no2)c1.FC(F)(F)c1cc(-c2nc(-c3ccncc3)no2)cc(C(F)(F)F)c1.FC(F)(F)c1cc(-c2nc(-c3ccncc3)no2)ccc1Cl.FC(F)(F)c1cc(Br)cc(-c2nc(-c3ccncc3)no2)c1.c1cc(-c2noc(C3CCCC3)n2)ccn1. The number of benzene rings is 4. The molecule has 0 spiro atoms. The predicted molar refractivity (Wildman–Crippen MR) is 366 cm³/mol. The summed E-state index contributed by atoms with van der Waals surface area (Å²) in [6.07, 6.45) is 1.93. The Morgan fingerprint density at radius 1 is 0.361 bits per heavy atom. The molecule has 108 heavy (non-hydrogen) atoms. The summed E-state index contributed by atoms with van der Waals surface area (Å²) in [4.78, 5) is 40.4. The highest BCUT2D eigenvalue weighted by atomic mass is 79.9. The molecule has 1 aliphatic rings. The van der Waals surface area contributed by atoms with E-state index in [1.165, 1.54) is 62.3 Å². The summed E-state index contributed by atoms with van der Waals surface area (Å²) in [5, 5.41) is 18.7. The van der Waals surface area contributed by atoms with Crippen LogP contribution < -0.4 is 9.47 Å². The van der Waals surface area contributed by atoms with Crippen LogP contribution in [0.15, 0.2) is 223 Å². The average Bonchev–Trinajstić information content (AvgIpc) is 1.17. The Labute approximate surface area is 615 Å². The Balaban J connectivity index is 0.000000135. The normalized spacial score (nSPS) is 12.3. The topological polar surface area (TPSA) is 278 Å². The lowest BCUT2D eigenvalue weighted by molar-refractivity contribution is -0.143. The molecule has 15 rings (SSSR count). The second-order valence-electron chi connectivity index (χ2n) is 22.6. The Kier molecular flexibility index (Phi) is 24.5. The summed E-state index contributed by atoms with van der Waals surface area (Å²) in [7, 11) is 0. The van der Waals surface area contributed by atoms with Crippen molar-refractivity contribution in [3.05, 3.63) is 233 Å². The summed E-state index contributed by atoms with van der Waals surface area (Å²) in [5.74, 6) is 4.39. The molecule has 14 aromatic rings. The first-order chi connectivity index (χ1) is 51.8. The maximum Gasteiger partial charge on any atom is 0.417 e. The van der Waals surface area contributed by atoms with Crippen molar-refractivity contribution in [1.82, 2.24) is 75.6 Å². The molecule has 1 aliphatic carbocycles. The van der Waals surface area contributed by atoms with Gasteiger partial charge >= 0.3 is 24.7 Å². The van der Waals surface area contributed by atoms with Crippen LogP contribution in [-0.4, -0.2) is 88.8 Å². The van der Waals surface area contributed by atoms with Gasteiger partial charge in [-0.3, -0.25) is 24.9 Å². The van der Waals surface area contributed by atoms with Crippen LogP contribution in [0.2, 0.25) is 5.02 Å². The molecule has 0 radical (unpaired) electrons. The van der Waals surface area contributed by atoms with Gasteiger partial charge in [-0.25, -0.2) is 0 Å². The standard InChI is InChI=1S/C17H17N3O3.C15H7F6N3O.C14H7BrF3N3O.C14H7ClF3N3O.C12H13N3O/c1-3-21-14-9-13(10-15(11-14)22-4-2)17-19-16(20-23-17)12-5-7-18-8-6-12;16-14(17,18)10-5-9(6-11(7-10)15(19,20)21)13-23-12(24-25-13)8-1-3-22-4-2-8;15-11-6-9(5-10(7-11)14(16,17)18)13-20-12(21-22-13)8-1-3-19-4-2-8;15-11-2-1-9(7-10(11)14(16,17)18)13-20-12(21-22-13)8-3-5-19-6-4-8;1-2-4-10(3-1)12-14-11(15-16-12)9-5-7-13-8-6-9/h5-11H,3-4H2,1-2H3;1-7H;2*1-7H;5-8,10H,1-4H2. The van der Waals surface area contributed by atoms with Gasteiger partial charge in [0.1, 0.15) is 11.5 Å². The largest absolute Gasteiger partial charge is 0.494 e. The molecular formula is C72H51BrClF12N15O7. The third kappa shape index (κ3) is 20.5. The van der Waals surface area contributed by atoms with Crippen molar-refractivity contribution in [2.75, 3.05) is 13.2 Å². The molecule has 0 bridgehead atoms. The minimum absolute atomic E-state index is 0.0126. The van der Waals surface area contributed by atoms with Gasteiger partial charge in [0, 0.05) is 128 Å². The van der Waals surface area contributed by atoms with Crippen molar-refractivity contribution in [1.29, 1.82) is 0 Å². The van der Waals surface area contributed by atoms with Crippen LogP contribution in [0.1, 0.15) is 73.6 Å². The Morgan fingerprint density at radius 2 is 0.685 bits per heavy atom. The van der Waals surface area contributed by atoms with Crippen molar-refractivity contribution >= 4 is 27.5 Å². The highest BCUT2D eigenvalue weighted by Gasteiger charge is 2.38. The average molecular weight is 1580 g/mol. The van der Waals surface area contributed by atoms with Gasteiger partial charge in [0.2, 0.25) is 35.0 Å². The van der Waals surface area contributed by atoms with Crippen LogP contribution >= 0.6 is 27.5 Å². The number of rotatable bonds is 14. The molecule has 0 unspecified atom stereocenters. The van der Waals surface area contributed by atoms with Crippen LogP contribution in [0.25, 0.3) is 103 Å². The smallest absolute Gasteiger partial charge is 0.417 e. The molecule has 22 nitrogen and oxygen atoms in total. The molecule has 4 aromatic carbocycles. The van der Waals surface area contributed by atoms with Crippen molar-refractivity contribution in [3.8, 4) is 114 Å². The van der Waals surface area contributed by atoms with Crippen molar-refractivity contribution in [3.63, 3.8) is 0 Å². The molecule has 0 N–H and O–H groups in total. The van der Waals surface area contributed by atoms with Crippen LogP contribution in [0.4, 0.5) is 52.7 Å². The highest BCUT2D eigenvalue weighted by molar-refractivity contribution is 9.10. The maximum absolute atomic E-state index is 12.9. The molecule has 0 saturated heterocycles. The zero-order chi connectivity index (χ0) is 76.6. The third-order valence-corrected chi connectivity index (χ3v) is 15.9. The van der Waals surface area contributed by atoms with Gasteiger partial charge in [0.15, 0.2) is 0 Å². The molecule has 1 fully saturated rings. The monoisotopic (exact) mass is 1580 g/mol. The van der Waals surface area contributed by atoms with E-state index in [1.54, 1.807) is 73.8 Å². The second kappa shape index (κ2) is 34.4. The number of aromatic nitrogens is 15. The lowest BCUT2D eigenvalue weighted by Crippen LogP contribution is -2.11. The second-order valence-corrected chi connectivity index (χ2v) is 23.9. The van der Waals surface area contributed by atoms with E-state index in [9.17, 15) is 52.7 Å². The first kappa shape index (κ1) is 77.0. The van der Waals surface area contributed by atoms with Crippen molar-refractivity contribution in [2.45, 2.75) is 70.2 Å². The zero-order valence-corrected chi connectivity index (χ0v) is 58.0. The molecule has 10 heterocycles. The van der Waals surface area contributed by atoms with Crippen molar-refractivity contribution < 1.29 is 84.8 Å². The number of alkyl halides is 12. The van der Waals surface area contributed by atoms with Gasteiger partial charge in [-0.05, 0) is 154 Å². The van der Waals surface area contributed by atoms with Gasteiger partial charge in [0.25, 0.3) is 23.6 Å². The Hall–Kier alpha value is -12.1. The highest BCUT2D eigenvalue weighted by Crippen LogP contribution is 2.42. The molecule has 10 aromatic heterocycles. The maximum atomic E-state index is 12.9. The summed E-state index contributed by atoms with van der Waals surface area (Å²) in [5.41, 5.74) is -0.470. The van der Waals surface area contributed by atoms with Crippen LogP contribution in [-0.2, 0) is 24.7 Å². The fourth-order valence-electron chi connectivity index (χ4n) is 10.1. The fraction of sp³-hybridized carbons (Fsp3) is 0.181. The van der Waals surface area contributed by atoms with E-state index in [2.05, 4.69) is 91.6 Å². The summed E-state index contributed by atoms with van der Waals surface area (Å²) >= 11 is 8.63. The molecular weight excluding hydrogens is 1530 g/mol. The minimum atomic E-state index is -4.95. The molecule has 554 valence electrons. The Bertz CT molecular complexity index is 5170. The van der Waals surface area contributed by atoms with E-state index < -0.39 is 58.4 Å². The molecule has 36 heteroatoms. The van der Waals surface area contributed by atoms with Gasteiger partial charge in [0.05, 0.1) is 40.5 Å². The molecule has 0 atom stereocenters. The van der Waals surface area contributed by atoms with Gasteiger partial charge in [-0.15, -0.1) is 0 Å². The molecule has 0 amide bonds.